The molecule has 10 nitrogen and oxygen atoms in total. The third-order valence-corrected chi connectivity index (χ3v) is 6.89. The van der Waals surface area contributed by atoms with Crippen LogP contribution in [-0.2, 0) is 37.2 Å². The second kappa shape index (κ2) is 11.4. The summed E-state index contributed by atoms with van der Waals surface area (Å²) in [6.45, 7) is 4.11. The molecule has 0 bridgehead atoms. The molecule has 0 atom stereocenters. The number of rotatable bonds is 5. The molecule has 0 unspecified atom stereocenters. The van der Waals surface area contributed by atoms with Crippen LogP contribution < -0.4 is 0 Å². The van der Waals surface area contributed by atoms with Crippen LogP contribution in [0.25, 0.3) is 0 Å². The number of aryl methyl sites for hydroxylation is 1. The maximum atomic E-state index is 6.25. The van der Waals surface area contributed by atoms with Gasteiger partial charge in [-0.25, -0.2) is 14.6 Å². The van der Waals surface area contributed by atoms with Gasteiger partial charge in [-0.15, -0.1) is 0 Å². The number of hydrogen-bond acceptors (Lipinski definition) is 8. The summed E-state index contributed by atoms with van der Waals surface area (Å²) in [5, 5.41) is 10.4. The van der Waals surface area contributed by atoms with Crippen LogP contribution in [0, 0.1) is 6.92 Å². The minimum atomic E-state index is -1.16. The number of halogens is 4. The van der Waals surface area contributed by atoms with Crippen molar-refractivity contribution in [1.82, 2.24) is 29.5 Å². The summed E-state index contributed by atoms with van der Waals surface area (Å²) in [7, 11) is 0. The minimum Gasteiger partial charge on any atom is -0.342 e. The van der Waals surface area contributed by atoms with Crippen molar-refractivity contribution < 1.29 is 18.9 Å². The smallest absolute Gasteiger partial charge is 0.302 e. The predicted octanol–water partition coefficient (Wildman–Crippen LogP) is 5.08. The average molecular weight is 600 g/mol. The van der Waals surface area contributed by atoms with Gasteiger partial charge in [0.2, 0.25) is 5.79 Å². The van der Waals surface area contributed by atoms with Crippen molar-refractivity contribution in [2.24, 2.45) is 0 Å². The van der Waals surface area contributed by atoms with Crippen LogP contribution in [0.4, 0.5) is 0 Å². The molecule has 0 spiro atoms. The summed E-state index contributed by atoms with van der Waals surface area (Å²) in [4.78, 5) is 8.01. The van der Waals surface area contributed by atoms with Gasteiger partial charge in [-0.2, -0.15) is 14.9 Å². The molecule has 0 amide bonds. The minimum absolute atomic E-state index is 0.383. The van der Waals surface area contributed by atoms with Crippen LogP contribution in [0.5, 0.6) is 0 Å². The summed E-state index contributed by atoms with van der Waals surface area (Å²) in [6, 6.07) is 10.4. The molecule has 0 saturated carbocycles. The lowest BCUT2D eigenvalue weighted by molar-refractivity contribution is -0.196. The molecular weight excluding hydrogens is 578 g/mol. The molecule has 38 heavy (non-hydrogen) atoms. The molecule has 200 valence electrons. The molecule has 2 fully saturated rings. The maximum Gasteiger partial charge on any atom is 0.302 e. The monoisotopic (exact) mass is 598 g/mol. The van der Waals surface area contributed by atoms with E-state index >= 15 is 0 Å². The highest BCUT2D eigenvalue weighted by atomic mass is 35.5. The summed E-state index contributed by atoms with van der Waals surface area (Å²) >= 11 is 24.3. The van der Waals surface area contributed by atoms with Crippen LogP contribution in [0.15, 0.2) is 55.4 Å². The molecule has 0 aliphatic carbocycles. The summed E-state index contributed by atoms with van der Waals surface area (Å²) in [6.07, 6.45) is 4.63. The molecule has 0 radical (unpaired) electrons. The molecule has 14 heteroatoms. The van der Waals surface area contributed by atoms with E-state index in [1.165, 1.54) is 11.0 Å². The second-order valence-electron chi connectivity index (χ2n) is 8.31. The van der Waals surface area contributed by atoms with Crippen LogP contribution in [-0.4, -0.2) is 56.0 Å². The van der Waals surface area contributed by atoms with Gasteiger partial charge in [0.05, 0.1) is 42.0 Å². The number of nitrogens with zero attached hydrogens (tertiary/aromatic N) is 6. The predicted molar refractivity (Wildman–Crippen MR) is 140 cm³/mol. The normalized spacial score (nSPS) is 17.8. The lowest BCUT2D eigenvalue weighted by Crippen LogP contribution is -2.37. The Bertz CT molecular complexity index is 1390. The summed E-state index contributed by atoms with van der Waals surface area (Å²) in [5.41, 5.74) is 1.40. The fourth-order valence-corrected chi connectivity index (χ4v) is 5.24. The molecule has 2 aromatic heterocycles. The van der Waals surface area contributed by atoms with Gasteiger partial charge in [-0.05, 0) is 37.3 Å². The van der Waals surface area contributed by atoms with E-state index in [1.807, 2.05) is 6.07 Å². The largest absolute Gasteiger partial charge is 0.342 e. The highest BCUT2D eigenvalue weighted by Crippen LogP contribution is 2.39. The lowest BCUT2D eigenvalue weighted by atomic mass is 10.1. The van der Waals surface area contributed by atoms with Crippen molar-refractivity contribution in [3.63, 3.8) is 0 Å². The standard InChI is InChI=1S/2C12H11Cl2N3O2/c1-8-15-7-17(16-8)12(18-4-5-19-12)10-3-2-9(13)6-11(10)14;13-9-1-2-10(11(14)5-9)12(18-3-4-19-12)6-17-8-15-7-16-17/h2-3,6-7H,4-5H2,1H3;1-2,5,7-8H,3-4,6H2. The highest BCUT2D eigenvalue weighted by Gasteiger charge is 2.44. The Labute approximate surface area is 238 Å². The Kier molecular flexibility index (Phi) is 8.22. The topological polar surface area (TPSA) is 98.3 Å². The number of ether oxygens (including phenoxy) is 4. The Hall–Kier alpha value is -2.28. The number of aromatic nitrogens is 6. The fourth-order valence-electron chi connectivity index (χ4n) is 4.16. The van der Waals surface area contributed by atoms with Gasteiger partial charge >= 0.3 is 5.91 Å². The van der Waals surface area contributed by atoms with E-state index in [-0.39, 0.29) is 0 Å². The van der Waals surface area contributed by atoms with Crippen LogP contribution in [0.3, 0.4) is 0 Å². The van der Waals surface area contributed by atoms with Crippen molar-refractivity contribution in [1.29, 1.82) is 0 Å². The second-order valence-corrected chi connectivity index (χ2v) is 9.99. The van der Waals surface area contributed by atoms with Crippen LogP contribution >= 0.6 is 46.4 Å². The zero-order valence-electron chi connectivity index (χ0n) is 20.1. The third kappa shape index (κ3) is 5.54. The van der Waals surface area contributed by atoms with E-state index < -0.39 is 11.7 Å². The van der Waals surface area contributed by atoms with Crippen molar-refractivity contribution in [2.45, 2.75) is 25.2 Å². The van der Waals surface area contributed by atoms with Gasteiger partial charge in [-0.1, -0.05) is 52.5 Å². The first kappa shape index (κ1) is 27.3. The molecule has 4 heterocycles. The van der Waals surface area contributed by atoms with E-state index in [0.29, 0.717) is 64.5 Å². The Morgan fingerprint density at radius 2 is 1.42 bits per heavy atom. The van der Waals surface area contributed by atoms with Gasteiger partial charge in [0.25, 0.3) is 0 Å². The zero-order valence-corrected chi connectivity index (χ0v) is 23.1. The lowest BCUT2D eigenvalue weighted by Gasteiger charge is -2.28. The zero-order chi connectivity index (χ0) is 26.8. The van der Waals surface area contributed by atoms with Crippen LogP contribution in [0.1, 0.15) is 17.0 Å². The van der Waals surface area contributed by atoms with Gasteiger partial charge in [-0.3, -0.25) is 0 Å². The van der Waals surface area contributed by atoms with Gasteiger partial charge in [0, 0.05) is 15.6 Å². The molecule has 2 saturated heterocycles. The van der Waals surface area contributed by atoms with E-state index in [2.05, 4.69) is 20.2 Å². The van der Waals surface area contributed by atoms with E-state index in [9.17, 15) is 0 Å². The third-order valence-electron chi connectivity index (χ3n) is 5.79. The summed E-state index contributed by atoms with van der Waals surface area (Å²) < 4.78 is 26.3. The molecular formula is C24H22Cl4N6O4. The van der Waals surface area contributed by atoms with Gasteiger partial charge in [0.1, 0.15) is 31.4 Å². The quantitative estimate of drug-likeness (QED) is 0.313. The molecule has 0 N–H and O–H groups in total. The SMILES string of the molecule is Cc1ncn(C2(c3ccc(Cl)cc3Cl)OCCO2)n1.Clc1ccc(C2(Cn3cncn3)OCCO2)c(Cl)c1. The first-order valence-electron chi connectivity index (χ1n) is 11.5. The Morgan fingerprint density at radius 3 is 1.95 bits per heavy atom. The molecule has 2 aliphatic heterocycles. The first-order chi connectivity index (χ1) is 18.3. The molecule has 2 aliphatic rings. The van der Waals surface area contributed by atoms with Gasteiger partial charge < -0.3 is 18.9 Å². The van der Waals surface area contributed by atoms with Crippen molar-refractivity contribution in [3.8, 4) is 0 Å². The average Bonchev–Trinajstić information content (AvgIpc) is 3.69. The number of benzene rings is 2. The highest BCUT2D eigenvalue weighted by molar-refractivity contribution is 6.35. The van der Waals surface area contributed by atoms with Gasteiger partial charge in [0.15, 0.2) is 0 Å². The number of hydrogen-bond donors (Lipinski definition) is 0. The molecule has 6 rings (SSSR count). The Morgan fingerprint density at radius 1 is 0.816 bits per heavy atom. The van der Waals surface area contributed by atoms with E-state index in [4.69, 9.17) is 65.4 Å². The van der Waals surface area contributed by atoms with Crippen molar-refractivity contribution in [2.75, 3.05) is 26.4 Å². The van der Waals surface area contributed by atoms with Crippen LogP contribution in [0.2, 0.25) is 20.1 Å². The van der Waals surface area contributed by atoms with Crippen molar-refractivity contribution in [3.05, 3.63) is 92.4 Å². The fraction of sp³-hybridized carbons (Fsp3) is 0.333. The van der Waals surface area contributed by atoms with E-state index in [1.54, 1.807) is 54.6 Å². The Balaban J connectivity index is 0.000000155. The first-order valence-corrected chi connectivity index (χ1v) is 13.0. The van der Waals surface area contributed by atoms with Crippen molar-refractivity contribution >= 4 is 46.4 Å². The summed E-state index contributed by atoms with van der Waals surface area (Å²) in [5.74, 6) is -1.47. The maximum absolute atomic E-state index is 6.25. The molecule has 2 aromatic carbocycles. The van der Waals surface area contributed by atoms with E-state index in [0.717, 1.165) is 5.56 Å². The molecule has 4 aromatic rings.